The van der Waals surface area contributed by atoms with Crippen LogP contribution in [-0.2, 0) is 0 Å². The highest BCUT2D eigenvalue weighted by atomic mass is 35.5. The highest BCUT2D eigenvalue weighted by Crippen LogP contribution is 2.33. The first kappa shape index (κ1) is 8.73. The van der Waals surface area contributed by atoms with Gasteiger partial charge in [0, 0.05) is 10.4 Å². The van der Waals surface area contributed by atoms with Gasteiger partial charge in [0.25, 0.3) is 0 Å². The first-order chi connectivity index (χ1) is 6.22. The third-order valence-electron chi connectivity index (χ3n) is 1.91. The minimum Gasteiger partial charge on any atom is -0.298 e. The predicted molar refractivity (Wildman–Crippen MR) is 57.0 cm³/mol. The van der Waals surface area contributed by atoms with E-state index in [1.54, 1.807) is 17.4 Å². The maximum Gasteiger partial charge on any atom is 0.151 e. The Hall–Kier alpha value is -0.860. The van der Waals surface area contributed by atoms with Crippen LogP contribution in [0.1, 0.15) is 15.2 Å². The summed E-state index contributed by atoms with van der Waals surface area (Å²) in [7, 11) is 0. The molecule has 1 aromatic heterocycles. The number of carbonyl (C=O) groups excluding carboxylic acids is 1. The summed E-state index contributed by atoms with van der Waals surface area (Å²) in [6.07, 6.45) is 0.789. The molecule has 0 N–H and O–H groups in total. The van der Waals surface area contributed by atoms with Crippen molar-refractivity contribution in [3.8, 4) is 0 Å². The lowest BCUT2D eigenvalue weighted by Gasteiger charge is -1.95. The zero-order chi connectivity index (χ0) is 9.42. The molecule has 0 aliphatic rings. The van der Waals surface area contributed by atoms with Crippen LogP contribution in [0, 0.1) is 6.92 Å². The molecule has 0 unspecified atom stereocenters. The van der Waals surface area contributed by atoms with Crippen LogP contribution in [0.3, 0.4) is 0 Å². The molecule has 0 spiro atoms. The molecule has 0 aliphatic carbocycles. The fourth-order valence-corrected chi connectivity index (χ4v) is 2.60. The molecule has 1 aromatic carbocycles. The van der Waals surface area contributed by atoms with Gasteiger partial charge in [-0.15, -0.1) is 11.3 Å². The Morgan fingerprint density at radius 2 is 2.23 bits per heavy atom. The normalized spacial score (nSPS) is 10.6. The summed E-state index contributed by atoms with van der Waals surface area (Å²) in [5.41, 5.74) is 0.566. The number of thiophene rings is 1. The number of fused-ring (bicyclic) bond motifs is 1. The summed E-state index contributed by atoms with van der Waals surface area (Å²) in [6.45, 7) is 2.03. The quantitative estimate of drug-likeness (QED) is 0.657. The number of aldehydes is 1. The third-order valence-corrected chi connectivity index (χ3v) is 3.51. The van der Waals surface area contributed by atoms with E-state index in [0.29, 0.717) is 10.6 Å². The third kappa shape index (κ3) is 1.36. The number of benzene rings is 1. The SMILES string of the molecule is Cc1cc2ccc(C=O)c(Cl)c2s1. The van der Waals surface area contributed by atoms with Gasteiger partial charge in [0.05, 0.1) is 9.72 Å². The average Bonchev–Trinajstić information content (AvgIpc) is 2.47. The monoisotopic (exact) mass is 210 g/mol. The summed E-state index contributed by atoms with van der Waals surface area (Å²) >= 11 is 7.65. The summed E-state index contributed by atoms with van der Waals surface area (Å²) in [5.74, 6) is 0. The first-order valence-corrected chi connectivity index (χ1v) is 5.05. The van der Waals surface area contributed by atoms with E-state index in [1.165, 1.54) is 4.88 Å². The minimum atomic E-state index is 0.566. The minimum absolute atomic E-state index is 0.566. The second-order valence-electron chi connectivity index (χ2n) is 2.86. The number of hydrogen-bond acceptors (Lipinski definition) is 2. The lowest BCUT2D eigenvalue weighted by molar-refractivity contribution is 0.112. The van der Waals surface area contributed by atoms with Gasteiger partial charge in [0.2, 0.25) is 0 Å². The molecule has 0 amide bonds. The molecule has 1 heterocycles. The van der Waals surface area contributed by atoms with E-state index in [-0.39, 0.29) is 0 Å². The second kappa shape index (κ2) is 3.13. The summed E-state index contributed by atoms with van der Waals surface area (Å²) in [5, 5.41) is 1.68. The van der Waals surface area contributed by atoms with Crippen molar-refractivity contribution in [1.82, 2.24) is 0 Å². The summed E-state index contributed by atoms with van der Waals surface area (Å²) in [6, 6.07) is 5.75. The molecule has 2 rings (SSSR count). The van der Waals surface area contributed by atoms with Gasteiger partial charge in [-0.3, -0.25) is 4.79 Å². The van der Waals surface area contributed by atoms with Crippen LogP contribution in [0.5, 0.6) is 0 Å². The van der Waals surface area contributed by atoms with Gasteiger partial charge in [-0.1, -0.05) is 17.7 Å². The van der Waals surface area contributed by atoms with Gasteiger partial charge in [-0.05, 0) is 24.4 Å². The average molecular weight is 211 g/mol. The highest BCUT2D eigenvalue weighted by Gasteiger charge is 2.06. The molecule has 0 saturated carbocycles. The first-order valence-electron chi connectivity index (χ1n) is 3.86. The Morgan fingerprint density at radius 1 is 1.46 bits per heavy atom. The van der Waals surface area contributed by atoms with E-state index in [4.69, 9.17) is 11.6 Å². The Kier molecular flexibility index (Phi) is 2.10. The molecule has 0 radical (unpaired) electrons. The van der Waals surface area contributed by atoms with Gasteiger partial charge in [0.1, 0.15) is 0 Å². The molecule has 3 heteroatoms. The van der Waals surface area contributed by atoms with Crippen molar-refractivity contribution >= 4 is 39.3 Å². The molecule has 13 heavy (non-hydrogen) atoms. The number of carbonyl (C=O) groups is 1. The predicted octanol–water partition coefficient (Wildman–Crippen LogP) is 3.68. The van der Waals surface area contributed by atoms with Crippen molar-refractivity contribution in [2.45, 2.75) is 6.92 Å². The van der Waals surface area contributed by atoms with Gasteiger partial charge < -0.3 is 0 Å². The van der Waals surface area contributed by atoms with Crippen molar-refractivity contribution in [3.05, 3.63) is 33.7 Å². The lowest BCUT2D eigenvalue weighted by Crippen LogP contribution is -1.79. The number of aryl methyl sites for hydroxylation is 1. The molecule has 2 aromatic rings. The molecule has 66 valence electrons. The van der Waals surface area contributed by atoms with E-state index >= 15 is 0 Å². The topological polar surface area (TPSA) is 17.1 Å². The maximum atomic E-state index is 10.6. The Labute approximate surface area is 84.9 Å². The zero-order valence-electron chi connectivity index (χ0n) is 7.00. The van der Waals surface area contributed by atoms with Crippen LogP contribution in [-0.4, -0.2) is 6.29 Å². The van der Waals surface area contributed by atoms with Crippen LogP contribution in [0.25, 0.3) is 10.1 Å². The van der Waals surface area contributed by atoms with E-state index in [9.17, 15) is 4.79 Å². The van der Waals surface area contributed by atoms with Crippen LogP contribution >= 0.6 is 22.9 Å². The number of hydrogen-bond donors (Lipinski definition) is 0. The summed E-state index contributed by atoms with van der Waals surface area (Å²) in [4.78, 5) is 11.8. The molecule has 0 bridgehead atoms. The molecule has 0 aliphatic heterocycles. The molecule has 0 saturated heterocycles. The fraction of sp³-hybridized carbons (Fsp3) is 0.100. The van der Waals surface area contributed by atoms with Gasteiger partial charge in [-0.25, -0.2) is 0 Å². The van der Waals surface area contributed by atoms with E-state index in [1.807, 2.05) is 13.0 Å². The van der Waals surface area contributed by atoms with Gasteiger partial charge in [-0.2, -0.15) is 0 Å². The standard InChI is InChI=1S/C10H7ClOS/c1-6-4-7-2-3-8(5-12)9(11)10(7)13-6/h2-5H,1H3. The van der Waals surface area contributed by atoms with Gasteiger partial charge in [0.15, 0.2) is 6.29 Å². The van der Waals surface area contributed by atoms with Crippen LogP contribution in [0.2, 0.25) is 5.02 Å². The lowest BCUT2D eigenvalue weighted by atomic mass is 10.2. The zero-order valence-corrected chi connectivity index (χ0v) is 8.58. The van der Waals surface area contributed by atoms with Crippen molar-refractivity contribution < 1.29 is 4.79 Å². The number of rotatable bonds is 1. The summed E-state index contributed by atoms with van der Waals surface area (Å²) < 4.78 is 1.00. The molecule has 1 nitrogen and oxygen atoms in total. The molecular formula is C10H7ClOS. The smallest absolute Gasteiger partial charge is 0.151 e. The van der Waals surface area contributed by atoms with Crippen LogP contribution in [0.4, 0.5) is 0 Å². The molecular weight excluding hydrogens is 204 g/mol. The fourth-order valence-electron chi connectivity index (χ4n) is 1.30. The highest BCUT2D eigenvalue weighted by molar-refractivity contribution is 7.19. The van der Waals surface area contributed by atoms with Crippen molar-refractivity contribution in [2.24, 2.45) is 0 Å². The number of halogens is 1. The van der Waals surface area contributed by atoms with E-state index in [2.05, 4.69) is 6.07 Å². The van der Waals surface area contributed by atoms with Crippen molar-refractivity contribution in [2.75, 3.05) is 0 Å². The van der Waals surface area contributed by atoms with E-state index < -0.39 is 0 Å². The van der Waals surface area contributed by atoms with E-state index in [0.717, 1.165) is 16.4 Å². The Balaban J connectivity index is 2.85. The molecule has 0 atom stereocenters. The maximum absolute atomic E-state index is 10.6. The largest absolute Gasteiger partial charge is 0.298 e. The van der Waals surface area contributed by atoms with Crippen LogP contribution < -0.4 is 0 Å². The second-order valence-corrected chi connectivity index (χ2v) is 4.50. The van der Waals surface area contributed by atoms with Crippen molar-refractivity contribution in [3.63, 3.8) is 0 Å². The van der Waals surface area contributed by atoms with Crippen molar-refractivity contribution in [1.29, 1.82) is 0 Å². The Morgan fingerprint density at radius 3 is 2.92 bits per heavy atom. The molecule has 0 fully saturated rings. The van der Waals surface area contributed by atoms with Gasteiger partial charge >= 0.3 is 0 Å². The van der Waals surface area contributed by atoms with Crippen LogP contribution in [0.15, 0.2) is 18.2 Å². The Bertz CT molecular complexity index is 473.